The molecule has 1 atom stereocenters. The predicted molar refractivity (Wildman–Crippen MR) is 284 cm³/mol. The molecule has 6 heteroatoms. The second kappa shape index (κ2) is 54.7. The number of hydrogen-bond donors (Lipinski definition) is 0. The Morgan fingerprint density at radius 3 is 1.00 bits per heavy atom. The first kappa shape index (κ1) is 63.1. The monoisotopic (exact) mass is 923 g/mol. The van der Waals surface area contributed by atoms with Crippen LogP contribution in [0.3, 0.4) is 0 Å². The molecule has 0 saturated heterocycles. The van der Waals surface area contributed by atoms with E-state index in [4.69, 9.17) is 14.2 Å². The number of carbonyl (C=O) groups excluding carboxylic acids is 3. The van der Waals surface area contributed by atoms with Gasteiger partial charge in [-0.2, -0.15) is 0 Å². The summed E-state index contributed by atoms with van der Waals surface area (Å²) in [4.78, 5) is 38.0. The van der Waals surface area contributed by atoms with Gasteiger partial charge in [0.2, 0.25) is 0 Å². The molecule has 0 aliphatic rings. The summed E-state index contributed by atoms with van der Waals surface area (Å²) < 4.78 is 16.8. The molecule has 0 fully saturated rings. The molecule has 0 heterocycles. The molecule has 382 valence electrons. The van der Waals surface area contributed by atoms with Crippen molar-refractivity contribution >= 4 is 17.9 Å². The van der Waals surface area contributed by atoms with Crippen molar-refractivity contribution in [2.45, 2.75) is 290 Å². The molecule has 0 spiro atoms. The molecular weight excluding hydrogens is 817 g/mol. The van der Waals surface area contributed by atoms with Crippen molar-refractivity contribution in [3.05, 3.63) is 60.8 Å². The molecule has 0 N–H and O–H groups in total. The van der Waals surface area contributed by atoms with Gasteiger partial charge in [0.1, 0.15) is 13.2 Å². The molecule has 6 nitrogen and oxygen atoms in total. The lowest BCUT2D eigenvalue weighted by Crippen LogP contribution is -2.30. The molecule has 66 heavy (non-hydrogen) atoms. The Morgan fingerprint density at radius 2 is 0.621 bits per heavy atom. The fourth-order valence-corrected chi connectivity index (χ4v) is 8.04. The zero-order valence-corrected chi connectivity index (χ0v) is 43.7. The first-order valence-corrected chi connectivity index (χ1v) is 28.3. The average Bonchev–Trinajstić information content (AvgIpc) is 3.31. The van der Waals surface area contributed by atoms with E-state index in [1.165, 1.54) is 167 Å². The maximum absolute atomic E-state index is 12.8. The van der Waals surface area contributed by atoms with Gasteiger partial charge in [-0.1, -0.05) is 255 Å². The number of unbranched alkanes of at least 4 members (excludes halogenated alkanes) is 30. The third-order valence-electron chi connectivity index (χ3n) is 12.3. The van der Waals surface area contributed by atoms with Gasteiger partial charge in [0.25, 0.3) is 0 Å². The summed E-state index contributed by atoms with van der Waals surface area (Å²) in [5.41, 5.74) is 0. The van der Waals surface area contributed by atoms with Crippen LogP contribution in [0.5, 0.6) is 0 Å². The lowest BCUT2D eigenvalue weighted by molar-refractivity contribution is -0.166. The molecule has 0 aromatic carbocycles. The number of hydrogen-bond acceptors (Lipinski definition) is 6. The fourth-order valence-electron chi connectivity index (χ4n) is 8.04. The van der Waals surface area contributed by atoms with E-state index in [-0.39, 0.29) is 37.5 Å². The largest absolute Gasteiger partial charge is 0.462 e. The Bertz CT molecular complexity index is 1200. The molecule has 0 aromatic rings. The molecule has 0 radical (unpaired) electrons. The van der Waals surface area contributed by atoms with Crippen molar-refractivity contribution < 1.29 is 28.6 Å². The Morgan fingerprint density at radius 1 is 0.318 bits per heavy atom. The summed E-state index contributed by atoms with van der Waals surface area (Å²) in [5, 5.41) is 0. The van der Waals surface area contributed by atoms with Crippen LogP contribution < -0.4 is 0 Å². The molecule has 0 bridgehead atoms. The Labute approximate surface area is 409 Å². The highest BCUT2D eigenvalue weighted by Gasteiger charge is 2.19. The molecule has 0 amide bonds. The number of carbonyl (C=O) groups is 3. The van der Waals surface area contributed by atoms with Crippen LogP contribution >= 0.6 is 0 Å². The van der Waals surface area contributed by atoms with Crippen LogP contribution in [-0.2, 0) is 28.6 Å². The summed E-state index contributed by atoms with van der Waals surface area (Å²) in [7, 11) is 0. The maximum atomic E-state index is 12.8. The molecule has 0 aliphatic heterocycles. The minimum atomic E-state index is -0.813. The van der Waals surface area contributed by atoms with Gasteiger partial charge in [-0.25, -0.2) is 0 Å². The number of allylic oxidation sites excluding steroid dienone is 10. The van der Waals surface area contributed by atoms with Crippen LogP contribution in [0.15, 0.2) is 60.8 Å². The van der Waals surface area contributed by atoms with E-state index in [2.05, 4.69) is 69.4 Å². The summed E-state index contributed by atoms with van der Waals surface area (Å²) >= 11 is 0. The second-order valence-electron chi connectivity index (χ2n) is 18.8. The lowest BCUT2D eigenvalue weighted by Gasteiger charge is -2.18. The summed E-state index contributed by atoms with van der Waals surface area (Å²) in [6, 6.07) is 0. The standard InChI is InChI=1S/C60H106O6/c1-4-7-10-13-16-19-22-25-26-27-28-29-30-31-32-33-36-38-41-44-47-50-53-59(62)65-56-57(66-60(63)54-51-48-45-42-39-35-24-21-18-15-12-9-6-3)55-64-58(61)52-49-46-43-40-37-34-23-20-17-14-11-8-5-2/h9,12,18,20-21,23,35,39,45,48,57H,4-8,10-11,13-17,19,22,24-34,36-38,40-44,46-47,49-56H2,1-3H3/b12-9-,21-18-,23-20-,39-35-,48-45-. The number of esters is 3. The van der Waals surface area contributed by atoms with Gasteiger partial charge in [-0.3, -0.25) is 14.4 Å². The molecule has 1 unspecified atom stereocenters. The van der Waals surface area contributed by atoms with Crippen molar-refractivity contribution in [1.29, 1.82) is 0 Å². The highest BCUT2D eigenvalue weighted by molar-refractivity contribution is 5.71. The Balaban J connectivity index is 4.32. The van der Waals surface area contributed by atoms with Gasteiger partial charge >= 0.3 is 17.9 Å². The minimum absolute atomic E-state index is 0.103. The highest BCUT2D eigenvalue weighted by Crippen LogP contribution is 2.16. The Hall–Kier alpha value is -2.89. The number of rotatable bonds is 51. The van der Waals surface area contributed by atoms with Gasteiger partial charge in [0.05, 0.1) is 0 Å². The quantitative estimate of drug-likeness (QED) is 0.0262. The van der Waals surface area contributed by atoms with Crippen molar-refractivity contribution in [1.82, 2.24) is 0 Å². The van der Waals surface area contributed by atoms with Crippen molar-refractivity contribution in [3.63, 3.8) is 0 Å². The van der Waals surface area contributed by atoms with Crippen LogP contribution in [0, 0.1) is 0 Å². The van der Waals surface area contributed by atoms with Crippen molar-refractivity contribution in [2.24, 2.45) is 0 Å². The van der Waals surface area contributed by atoms with E-state index in [0.29, 0.717) is 19.3 Å². The third-order valence-corrected chi connectivity index (χ3v) is 12.3. The normalized spacial score (nSPS) is 12.5. The predicted octanol–water partition coefficient (Wildman–Crippen LogP) is 18.8. The molecular formula is C60H106O6. The highest BCUT2D eigenvalue weighted by atomic mass is 16.6. The van der Waals surface area contributed by atoms with Crippen LogP contribution in [-0.4, -0.2) is 37.2 Å². The first-order valence-electron chi connectivity index (χ1n) is 28.3. The SMILES string of the molecule is CC/C=C\C/C=C\C/C=C\C/C=C\CCC(=O)OC(COC(=O)CCCCCCC/C=C\CCCCCC)COC(=O)CCCCCCCCCCCCCCCCCCCCCCCC. The summed E-state index contributed by atoms with van der Waals surface area (Å²) in [6.45, 7) is 6.47. The maximum Gasteiger partial charge on any atom is 0.306 e. The second-order valence-corrected chi connectivity index (χ2v) is 18.8. The molecule has 0 aromatic heterocycles. The van der Waals surface area contributed by atoms with Gasteiger partial charge < -0.3 is 14.2 Å². The lowest BCUT2D eigenvalue weighted by atomic mass is 10.0. The summed E-state index contributed by atoms with van der Waals surface area (Å²) in [6.07, 6.45) is 68.1. The van der Waals surface area contributed by atoms with E-state index >= 15 is 0 Å². The zero-order chi connectivity index (χ0) is 47.9. The van der Waals surface area contributed by atoms with E-state index in [1.807, 2.05) is 12.2 Å². The van der Waals surface area contributed by atoms with Crippen LogP contribution in [0.4, 0.5) is 0 Å². The van der Waals surface area contributed by atoms with E-state index in [1.54, 1.807) is 0 Å². The molecule has 0 rings (SSSR count). The Kier molecular flexibility index (Phi) is 52.3. The molecule has 0 aliphatic carbocycles. The van der Waals surface area contributed by atoms with Crippen LogP contribution in [0.25, 0.3) is 0 Å². The van der Waals surface area contributed by atoms with Crippen LogP contribution in [0.2, 0.25) is 0 Å². The smallest absolute Gasteiger partial charge is 0.306 e. The average molecular weight is 924 g/mol. The van der Waals surface area contributed by atoms with Gasteiger partial charge in [0.15, 0.2) is 6.10 Å². The van der Waals surface area contributed by atoms with Gasteiger partial charge in [-0.05, 0) is 70.6 Å². The summed E-state index contributed by atoms with van der Waals surface area (Å²) in [5.74, 6) is -0.985. The first-order chi connectivity index (χ1) is 32.5. The third kappa shape index (κ3) is 52.1. The van der Waals surface area contributed by atoms with Gasteiger partial charge in [0, 0.05) is 19.3 Å². The number of ether oxygens (including phenoxy) is 3. The van der Waals surface area contributed by atoms with E-state index in [9.17, 15) is 14.4 Å². The van der Waals surface area contributed by atoms with E-state index < -0.39 is 6.10 Å². The molecule has 0 saturated carbocycles. The van der Waals surface area contributed by atoms with Crippen molar-refractivity contribution in [3.8, 4) is 0 Å². The van der Waals surface area contributed by atoms with E-state index in [0.717, 1.165) is 70.6 Å². The van der Waals surface area contributed by atoms with Crippen molar-refractivity contribution in [2.75, 3.05) is 13.2 Å². The fraction of sp³-hybridized carbons (Fsp3) is 0.783. The van der Waals surface area contributed by atoms with Gasteiger partial charge in [-0.15, -0.1) is 0 Å². The minimum Gasteiger partial charge on any atom is -0.462 e. The zero-order valence-electron chi connectivity index (χ0n) is 43.7. The topological polar surface area (TPSA) is 78.9 Å². The van der Waals surface area contributed by atoms with Crippen LogP contribution in [0.1, 0.15) is 284 Å².